The molecule has 0 N–H and O–H groups in total. The zero-order chi connectivity index (χ0) is 21.5. The summed E-state index contributed by atoms with van der Waals surface area (Å²) in [6.45, 7) is 16.2. The molecule has 0 saturated heterocycles. The third-order valence-electron chi connectivity index (χ3n) is 3.94. The molecule has 0 aromatic heterocycles. The Labute approximate surface area is 168 Å². The van der Waals surface area contributed by atoms with Gasteiger partial charge in [-0.15, -0.1) is 0 Å². The fourth-order valence-electron chi connectivity index (χ4n) is 2.20. The van der Waals surface area contributed by atoms with Crippen molar-refractivity contribution in [2.75, 3.05) is 19.8 Å². The van der Waals surface area contributed by atoms with Crippen LogP contribution in [-0.2, 0) is 28.6 Å². The maximum Gasteiger partial charge on any atom is 0.333 e. The second-order valence-electron chi connectivity index (χ2n) is 7.10. The normalized spacial score (nSPS) is 10.3. The van der Waals surface area contributed by atoms with Gasteiger partial charge < -0.3 is 14.2 Å². The highest BCUT2D eigenvalue weighted by Crippen LogP contribution is 2.14. The Balaban J connectivity index is 4.11. The molecule has 0 aromatic rings. The fourth-order valence-corrected chi connectivity index (χ4v) is 2.20. The molecule has 6 nitrogen and oxygen atoms in total. The second kappa shape index (κ2) is 14.7. The summed E-state index contributed by atoms with van der Waals surface area (Å²) in [5, 5.41) is 0. The Morgan fingerprint density at radius 3 is 1.50 bits per heavy atom. The standard InChI is InChI=1S/C22H34O6/c1-16(2)20(23)26-13-11-9-7-8-10-12-19(14-27-21(24)17(3)4)15-28-22(25)18(5)6/h19H,1,3,5,7-15H2,2,4,6H3. The minimum Gasteiger partial charge on any atom is -0.462 e. The van der Waals surface area contributed by atoms with E-state index >= 15 is 0 Å². The first-order valence-corrected chi connectivity index (χ1v) is 9.63. The minimum atomic E-state index is -0.444. The van der Waals surface area contributed by atoms with E-state index in [1.165, 1.54) is 0 Å². The summed E-state index contributed by atoms with van der Waals surface area (Å²) < 4.78 is 15.5. The average Bonchev–Trinajstić information content (AvgIpc) is 2.63. The van der Waals surface area contributed by atoms with Gasteiger partial charge >= 0.3 is 17.9 Å². The van der Waals surface area contributed by atoms with Crippen LogP contribution >= 0.6 is 0 Å². The number of hydrogen-bond acceptors (Lipinski definition) is 6. The Morgan fingerprint density at radius 2 is 1.04 bits per heavy atom. The molecular weight excluding hydrogens is 360 g/mol. The third-order valence-corrected chi connectivity index (χ3v) is 3.94. The molecular formula is C22H34O6. The summed E-state index contributed by atoms with van der Waals surface area (Å²) in [6, 6.07) is 0. The van der Waals surface area contributed by atoms with Crippen molar-refractivity contribution in [3.63, 3.8) is 0 Å². The van der Waals surface area contributed by atoms with Crippen LogP contribution in [0.1, 0.15) is 59.3 Å². The summed E-state index contributed by atoms with van der Waals surface area (Å²) in [7, 11) is 0. The van der Waals surface area contributed by atoms with E-state index in [1.807, 2.05) is 0 Å². The molecule has 6 heteroatoms. The lowest BCUT2D eigenvalue weighted by atomic mass is 10.0. The fraction of sp³-hybridized carbons (Fsp3) is 0.591. The van der Waals surface area contributed by atoms with Gasteiger partial charge in [-0.25, -0.2) is 14.4 Å². The van der Waals surface area contributed by atoms with E-state index in [9.17, 15) is 14.4 Å². The number of hydrogen-bond donors (Lipinski definition) is 0. The predicted octanol–water partition coefficient (Wildman–Crippen LogP) is 4.30. The number of esters is 3. The van der Waals surface area contributed by atoms with Crippen molar-refractivity contribution in [1.82, 2.24) is 0 Å². The molecule has 0 unspecified atom stereocenters. The smallest absolute Gasteiger partial charge is 0.333 e. The van der Waals surface area contributed by atoms with Crippen LogP contribution in [0.15, 0.2) is 36.5 Å². The molecule has 28 heavy (non-hydrogen) atoms. The van der Waals surface area contributed by atoms with Gasteiger partial charge in [0.15, 0.2) is 0 Å². The molecule has 0 heterocycles. The van der Waals surface area contributed by atoms with Crippen LogP contribution in [0, 0.1) is 5.92 Å². The second-order valence-corrected chi connectivity index (χ2v) is 7.10. The van der Waals surface area contributed by atoms with E-state index in [0.717, 1.165) is 38.5 Å². The van der Waals surface area contributed by atoms with Crippen molar-refractivity contribution in [1.29, 1.82) is 0 Å². The van der Waals surface area contributed by atoms with Gasteiger partial charge in [-0.1, -0.05) is 45.4 Å². The first-order valence-electron chi connectivity index (χ1n) is 9.63. The van der Waals surface area contributed by atoms with Gasteiger partial charge in [0.05, 0.1) is 19.8 Å². The van der Waals surface area contributed by atoms with Crippen LogP contribution < -0.4 is 0 Å². The van der Waals surface area contributed by atoms with E-state index < -0.39 is 11.9 Å². The summed E-state index contributed by atoms with van der Waals surface area (Å²) >= 11 is 0. The quantitative estimate of drug-likeness (QED) is 0.178. The number of unbranched alkanes of at least 4 members (excludes halogenated alkanes) is 4. The number of carbonyl (C=O) groups excluding carboxylic acids is 3. The molecule has 0 aliphatic rings. The minimum absolute atomic E-state index is 0.0666. The molecule has 0 rings (SSSR count). The lowest BCUT2D eigenvalue weighted by molar-refractivity contribution is -0.144. The largest absolute Gasteiger partial charge is 0.462 e. The van der Waals surface area contributed by atoms with Gasteiger partial charge in [0.1, 0.15) is 0 Å². The molecule has 0 aliphatic carbocycles. The molecule has 0 atom stereocenters. The lowest BCUT2D eigenvalue weighted by Gasteiger charge is -2.17. The summed E-state index contributed by atoms with van der Waals surface area (Å²) in [5.41, 5.74) is 1.08. The SMILES string of the molecule is C=C(C)C(=O)OCCCCCCCC(COC(=O)C(=C)C)COC(=O)C(=C)C. The van der Waals surface area contributed by atoms with Crippen LogP contribution in [-0.4, -0.2) is 37.7 Å². The highest BCUT2D eigenvalue weighted by Gasteiger charge is 2.15. The molecule has 0 saturated carbocycles. The molecule has 0 amide bonds. The molecule has 0 bridgehead atoms. The van der Waals surface area contributed by atoms with Crippen LogP contribution in [0.25, 0.3) is 0 Å². The zero-order valence-corrected chi connectivity index (χ0v) is 17.5. The first-order chi connectivity index (χ1) is 13.1. The van der Waals surface area contributed by atoms with E-state index in [0.29, 0.717) is 23.3 Å². The van der Waals surface area contributed by atoms with Gasteiger partial charge in [-0.05, 0) is 33.6 Å². The zero-order valence-electron chi connectivity index (χ0n) is 17.5. The Kier molecular flexibility index (Phi) is 13.4. The van der Waals surface area contributed by atoms with E-state index in [4.69, 9.17) is 14.2 Å². The van der Waals surface area contributed by atoms with Crippen LogP contribution in [0.2, 0.25) is 0 Å². The molecule has 0 aromatic carbocycles. The summed E-state index contributed by atoms with van der Waals surface area (Å²) in [6.07, 6.45) is 5.48. The molecule has 0 radical (unpaired) electrons. The van der Waals surface area contributed by atoms with Crippen molar-refractivity contribution >= 4 is 17.9 Å². The lowest BCUT2D eigenvalue weighted by Crippen LogP contribution is -2.21. The average molecular weight is 395 g/mol. The van der Waals surface area contributed by atoms with Crippen molar-refractivity contribution < 1.29 is 28.6 Å². The Morgan fingerprint density at radius 1 is 0.643 bits per heavy atom. The predicted molar refractivity (Wildman–Crippen MR) is 109 cm³/mol. The third kappa shape index (κ3) is 12.9. The van der Waals surface area contributed by atoms with Crippen molar-refractivity contribution in [3.05, 3.63) is 36.5 Å². The van der Waals surface area contributed by atoms with E-state index in [2.05, 4.69) is 19.7 Å². The highest BCUT2D eigenvalue weighted by molar-refractivity contribution is 5.87. The van der Waals surface area contributed by atoms with Gasteiger partial charge in [0.2, 0.25) is 0 Å². The van der Waals surface area contributed by atoms with Crippen molar-refractivity contribution in [2.24, 2.45) is 5.92 Å². The van der Waals surface area contributed by atoms with Crippen LogP contribution in [0.5, 0.6) is 0 Å². The Hall–Kier alpha value is -2.37. The van der Waals surface area contributed by atoms with Gasteiger partial charge in [0.25, 0.3) is 0 Å². The van der Waals surface area contributed by atoms with Crippen molar-refractivity contribution in [2.45, 2.75) is 59.3 Å². The monoisotopic (exact) mass is 394 g/mol. The van der Waals surface area contributed by atoms with E-state index in [-0.39, 0.29) is 25.1 Å². The molecule has 0 aliphatic heterocycles. The molecule has 158 valence electrons. The maximum atomic E-state index is 11.6. The number of rotatable bonds is 15. The number of ether oxygens (including phenoxy) is 3. The Bertz CT molecular complexity index is 546. The van der Waals surface area contributed by atoms with Crippen LogP contribution in [0.4, 0.5) is 0 Å². The van der Waals surface area contributed by atoms with Crippen molar-refractivity contribution in [3.8, 4) is 0 Å². The summed E-state index contributed by atoms with van der Waals surface area (Å²) in [5.74, 6) is -1.30. The van der Waals surface area contributed by atoms with Gasteiger partial charge in [-0.3, -0.25) is 0 Å². The highest BCUT2D eigenvalue weighted by atomic mass is 16.5. The summed E-state index contributed by atoms with van der Waals surface area (Å²) in [4.78, 5) is 34.4. The van der Waals surface area contributed by atoms with E-state index in [1.54, 1.807) is 20.8 Å². The van der Waals surface area contributed by atoms with Gasteiger partial charge in [-0.2, -0.15) is 0 Å². The topological polar surface area (TPSA) is 78.9 Å². The first kappa shape index (κ1) is 25.6. The van der Waals surface area contributed by atoms with Crippen LogP contribution in [0.3, 0.4) is 0 Å². The molecule has 0 spiro atoms. The number of carbonyl (C=O) groups is 3. The molecule has 0 fully saturated rings. The van der Waals surface area contributed by atoms with Gasteiger partial charge in [0, 0.05) is 22.6 Å². The maximum absolute atomic E-state index is 11.6.